The number of hydrogen-bond acceptors (Lipinski definition) is 3. The molecule has 2 saturated heterocycles. The van der Waals surface area contributed by atoms with E-state index < -0.39 is 11.3 Å². The number of carbonyl (C=O) groups is 1. The van der Waals surface area contributed by atoms with E-state index in [9.17, 15) is 15.5 Å². The van der Waals surface area contributed by atoms with E-state index in [4.69, 9.17) is 12.2 Å². The normalized spacial score (nSPS) is 26.7. The molecule has 2 aliphatic heterocycles. The minimum absolute atomic E-state index is 0.214. The van der Waals surface area contributed by atoms with Crippen LogP contribution in [-0.2, 0) is 4.79 Å². The lowest BCUT2D eigenvalue weighted by molar-refractivity contribution is -0.884. The first-order chi connectivity index (χ1) is 11.5. The second-order valence-electron chi connectivity index (χ2n) is 7.10. The Hall–Kier alpha value is -1.54. The van der Waals surface area contributed by atoms with Gasteiger partial charge >= 0.3 is 0 Å². The van der Waals surface area contributed by atoms with Gasteiger partial charge in [0, 0.05) is 11.0 Å². The van der Waals surface area contributed by atoms with Crippen molar-refractivity contribution in [2.45, 2.75) is 51.4 Å². The number of carbonyl (C=O) groups excluding carboxylic acids is 1. The lowest BCUT2D eigenvalue weighted by atomic mass is 9.60. The minimum atomic E-state index is -0.774. The van der Waals surface area contributed by atoms with E-state index in [0.29, 0.717) is 18.4 Å². The molecule has 1 saturated carbocycles. The summed E-state index contributed by atoms with van der Waals surface area (Å²) in [4.78, 5) is 13.8. The molecule has 3 aliphatic rings. The number of hydrogen-bond donors (Lipinski definition) is 2. The van der Waals surface area contributed by atoms with E-state index in [1.807, 2.05) is 0 Å². The molecule has 3 fully saturated rings. The average molecular weight is 347 g/mol. The van der Waals surface area contributed by atoms with Gasteiger partial charge in [-0.1, -0.05) is 31.5 Å². The van der Waals surface area contributed by atoms with Crippen molar-refractivity contribution in [1.82, 2.24) is 5.32 Å². The van der Waals surface area contributed by atoms with Crippen molar-refractivity contribution < 1.29 is 9.69 Å². The highest BCUT2D eigenvalue weighted by molar-refractivity contribution is 7.80. The van der Waals surface area contributed by atoms with Gasteiger partial charge in [0.05, 0.1) is 26.2 Å². The van der Waals surface area contributed by atoms with Gasteiger partial charge in [0.15, 0.2) is 0 Å². The van der Waals surface area contributed by atoms with E-state index in [0.717, 1.165) is 19.3 Å². The van der Waals surface area contributed by atoms with Crippen LogP contribution in [0.5, 0.6) is 0 Å². The van der Waals surface area contributed by atoms with Crippen LogP contribution in [0.15, 0.2) is 5.57 Å². The number of rotatable bonds is 0. The monoisotopic (exact) mass is 346 g/mol. The fourth-order valence-corrected chi connectivity index (χ4v) is 4.44. The number of nitrogens with zero attached hydrogens (tertiary/aromatic N) is 2. The number of nitrogens with one attached hydrogen (secondary N) is 2. The van der Waals surface area contributed by atoms with Crippen LogP contribution >= 0.6 is 12.2 Å². The van der Waals surface area contributed by atoms with Crippen LogP contribution < -0.4 is 10.2 Å². The third kappa shape index (κ3) is 3.92. The summed E-state index contributed by atoms with van der Waals surface area (Å²) in [6.45, 7) is 2.81. The van der Waals surface area contributed by atoms with Crippen LogP contribution in [0, 0.1) is 22.7 Å². The third-order valence-corrected chi connectivity index (χ3v) is 5.78. The van der Waals surface area contributed by atoms with Crippen molar-refractivity contribution in [2.24, 2.45) is 11.3 Å². The Morgan fingerprint density at radius 3 is 2.25 bits per heavy atom. The van der Waals surface area contributed by atoms with Gasteiger partial charge in [0.1, 0.15) is 10.9 Å². The summed E-state index contributed by atoms with van der Waals surface area (Å²) >= 11 is 5.06. The Bertz CT molecular complexity index is 576. The lowest BCUT2D eigenvalue weighted by Crippen LogP contribution is -3.09. The van der Waals surface area contributed by atoms with Crippen LogP contribution in [0.3, 0.4) is 0 Å². The Balaban J connectivity index is 0.000000249. The zero-order chi connectivity index (χ0) is 17.6. The van der Waals surface area contributed by atoms with Crippen LogP contribution in [0.4, 0.5) is 0 Å². The summed E-state index contributed by atoms with van der Waals surface area (Å²) in [5.41, 5.74) is -0.195. The van der Waals surface area contributed by atoms with E-state index in [-0.39, 0.29) is 10.9 Å². The van der Waals surface area contributed by atoms with E-state index in [1.165, 1.54) is 32.4 Å². The van der Waals surface area contributed by atoms with Crippen LogP contribution in [0.25, 0.3) is 5.41 Å². The molecule has 3 rings (SSSR count). The third-order valence-electron chi connectivity index (χ3n) is 5.47. The molecule has 2 N–H and O–H groups in total. The summed E-state index contributed by atoms with van der Waals surface area (Å²) in [5, 5.41) is 20.9. The van der Waals surface area contributed by atoms with Crippen LogP contribution in [0.1, 0.15) is 51.4 Å². The maximum atomic E-state index is 11.8. The molecule has 2 heterocycles. The van der Waals surface area contributed by atoms with Gasteiger partial charge in [-0.05, 0) is 32.1 Å². The topological polar surface area (TPSA) is 79.6 Å². The second-order valence-corrected chi connectivity index (χ2v) is 7.51. The van der Waals surface area contributed by atoms with Gasteiger partial charge in [-0.25, -0.2) is 0 Å². The summed E-state index contributed by atoms with van der Waals surface area (Å²) in [6, 6.07) is 2.06. The van der Waals surface area contributed by atoms with Gasteiger partial charge < -0.3 is 15.6 Å². The summed E-state index contributed by atoms with van der Waals surface area (Å²) in [5.74, 6) is 0.986. The van der Waals surface area contributed by atoms with E-state index >= 15 is 0 Å². The molecule has 1 spiro atoms. The summed E-state index contributed by atoms with van der Waals surface area (Å²) in [7, 11) is 2.28. The molecular weight excluding hydrogens is 320 g/mol. The Labute approximate surface area is 149 Å². The molecule has 0 aromatic heterocycles. The number of quaternary nitrogens is 1. The highest BCUT2D eigenvalue weighted by atomic mass is 32.1. The van der Waals surface area contributed by atoms with E-state index in [2.05, 4.69) is 24.3 Å². The van der Waals surface area contributed by atoms with Crippen molar-refractivity contribution in [2.75, 3.05) is 20.1 Å². The predicted molar refractivity (Wildman–Crippen MR) is 97.7 cm³/mol. The quantitative estimate of drug-likeness (QED) is 0.395. The Morgan fingerprint density at radius 1 is 1.21 bits per heavy atom. The summed E-state index contributed by atoms with van der Waals surface area (Å²) < 4.78 is 0. The average Bonchev–Trinajstić information content (AvgIpc) is 2.57. The van der Waals surface area contributed by atoms with Gasteiger partial charge in [-0.15, -0.1) is 0 Å². The second kappa shape index (κ2) is 8.53. The standard InChI is InChI=1S/C12H12N3OS.C6H13N/c13-6-8-10(16)15-11(17)9(7-14)12(8)4-2-1-3-5-12;1-7-5-3-2-4-6-7/h8H,1-5H2,(H,15,16,17);2-6H2,1H3/q-1;/p+1. The number of amides is 1. The van der Waals surface area contributed by atoms with Crippen LogP contribution in [-0.4, -0.2) is 36.9 Å². The predicted octanol–water partition coefficient (Wildman–Crippen LogP) is 1.38. The molecule has 0 radical (unpaired) electrons. The molecule has 1 atom stereocenters. The van der Waals surface area contributed by atoms with Crippen molar-refractivity contribution in [3.05, 3.63) is 11.0 Å². The minimum Gasteiger partial charge on any atom is -0.763 e. The van der Waals surface area contributed by atoms with Gasteiger partial charge in [-0.3, -0.25) is 10.7 Å². The molecule has 130 valence electrons. The maximum absolute atomic E-state index is 11.8. The Morgan fingerprint density at radius 2 is 1.79 bits per heavy atom. The van der Waals surface area contributed by atoms with Gasteiger partial charge in [0.25, 0.3) is 0 Å². The fraction of sp³-hybridized carbons (Fsp3) is 0.722. The van der Waals surface area contributed by atoms with Gasteiger partial charge in [0.2, 0.25) is 5.91 Å². The van der Waals surface area contributed by atoms with Crippen molar-refractivity contribution in [3.63, 3.8) is 0 Å². The zero-order valence-electron chi connectivity index (χ0n) is 14.4. The van der Waals surface area contributed by atoms with Gasteiger partial charge in [-0.2, -0.15) is 5.26 Å². The molecule has 24 heavy (non-hydrogen) atoms. The first-order valence-electron chi connectivity index (χ1n) is 8.89. The SMILES string of the molecule is C[NH+]1CCCCC1.N#CC1C(=O)NC(=S)C(=C=[N-])C12CCCCC2. The maximum Gasteiger partial charge on any atom is 0.243 e. The molecule has 0 bridgehead atoms. The first-order valence-corrected chi connectivity index (χ1v) is 9.29. The number of nitriles is 1. The molecule has 0 aromatic rings. The molecule has 0 aromatic carbocycles. The van der Waals surface area contributed by atoms with Crippen molar-refractivity contribution in [3.8, 4) is 6.07 Å². The molecule has 5 nitrogen and oxygen atoms in total. The summed E-state index contributed by atoms with van der Waals surface area (Å²) in [6.07, 6.45) is 8.77. The Kier molecular flexibility index (Phi) is 6.68. The fourth-order valence-electron chi connectivity index (χ4n) is 4.09. The smallest absolute Gasteiger partial charge is 0.243 e. The molecule has 1 unspecified atom stereocenters. The molecular formula is C18H26N4OS. The first kappa shape index (κ1) is 18.8. The highest BCUT2D eigenvalue weighted by Gasteiger charge is 2.50. The number of thiocarbonyl (C=S) groups is 1. The lowest BCUT2D eigenvalue weighted by Gasteiger charge is -2.44. The zero-order valence-corrected chi connectivity index (χ0v) is 15.2. The molecule has 1 amide bonds. The van der Waals surface area contributed by atoms with Crippen LogP contribution in [0.2, 0.25) is 0 Å². The number of piperidine rings is 2. The highest BCUT2D eigenvalue weighted by Crippen LogP contribution is 2.49. The molecule has 6 heteroatoms. The van der Waals surface area contributed by atoms with Crippen molar-refractivity contribution >= 4 is 29.0 Å². The largest absolute Gasteiger partial charge is 0.763 e. The van der Waals surface area contributed by atoms with E-state index in [1.54, 1.807) is 4.90 Å². The van der Waals surface area contributed by atoms with Crippen molar-refractivity contribution in [1.29, 1.82) is 5.26 Å². The number of likely N-dealkylation sites (tertiary alicyclic amines) is 1. The molecule has 1 aliphatic carbocycles.